The van der Waals surface area contributed by atoms with Gasteiger partial charge in [0, 0.05) is 10.8 Å². The predicted molar refractivity (Wildman–Crippen MR) is 157 cm³/mol. The molecule has 4 aromatic carbocycles. The molecule has 38 heavy (non-hydrogen) atoms. The molecule has 0 fully saturated rings. The smallest absolute Gasteiger partial charge is 0.121 e. The summed E-state index contributed by atoms with van der Waals surface area (Å²) in [6, 6.07) is 21.2. The second-order valence-electron chi connectivity index (χ2n) is 11.7. The van der Waals surface area contributed by atoms with Crippen molar-refractivity contribution in [2.24, 2.45) is 0 Å². The van der Waals surface area contributed by atoms with Gasteiger partial charge in [0.05, 0.1) is 0 Å². The number of aromatic hydroxyl groups is 3. The Labute approximate surface area is 227 Å². The first-order valence-electron chi connectivity index (χ1n) is 13.2. The summed E-state index contributed by atoms with van der Waals surface area (Å²) in [7, 11) is 0. The highest BCUT2D eigenvalue weighted by atomic mass is 16.3. The molecule has 0 atom stereocenters. The fourth-order valence-corrected chi connectivity index (χ4v) is 5.69. The lowest BCUT2D eigenvalue weighted by molar-refractivity contribution is 0.465. The number of hydrogen-bond acceptors (Lipinski definition) is 3. The van der Waals surface area contributed by atoms with E-state index in [9.17, 15) is 15.3 Å². The van der Waals surface area contributed by atoms with Crippen LogP contribution in [0.2, 0.25) is 0 Å². The summed E-state index contributed by atoms with van der Waals surface area (Å²) in [4.78, 5) is 0. The van der Waals surface area contributed by atoms with Gasteiger partial charge in [-0.25, -0.2) is 0 Å². The fourth-order valence-electron chi connectivity index (χ4n) is 5.69. The van der Waals surface area contributed by atoms with Crippen molar-refractivity contribution in [3.05, 3.63) is 122 Å². The van der Waals surface area contributed by atoms with E-state index < -0.39 is 5.41 Å². The Balaban J connectivity index is 1.90. The van der Waals surface area contributed by atoms with E-state index in [0.29, 0.717) is 17.2 Å². The van der Waals surface area contributed by atoms with Crippen molar-refractivity contribution in [1.82, 2.24) is 0 Å². The molecule has 0 aliphatic rings. The summed E-state index contributed by atoms with van der Waals surface area (Å²) in [5, 5.41) is 31.3. The van der Waals surface area contributed by atoms with Gasteiger partial charge in [-0.3, -0.25) is 0 Å². The Morgan fingerprint density at radius 3 is 0.974 bits per heavy atom. The van der Waals surface area contributed by atoms with Crippen molar-refractivity contribution >= 4 is 0 Å². The molecule has 0 spiro atoms. The van der Waals surface area contributed by atoms with E-state index in [4.69, 9.17) is 0 Å². The van der Waals surface area contributed by atoms with E-state index in [1.54, 1.807) is 0 Å². The lowest BCUT2D eigenvalue weighted by Crippen LogP contribution is -2.27. The molecule has 0 aliphatic carbocycles. The third-order valence-corrected chi connectivity index (χ3v) is 8.53. The molecular formula is C35H40O3. The van der Waals surface area contributed by atoms with Gasteiger partial charge in [0.25, 0.3) is 0 Å². The normalized spacial score (nSPS) is 12.1. The van der Waals surface area contributed by atoms with Crippen LogP contribution in [0.25, 0.3) is 0 Å². The molecule has 3 heteroatoms. The molecule has 3 nitrogen and oxygen atoms in total. The molecule has 0 radical (unpaired) electrons. The predicted octanol–water partition coefficient (Wildman–Crippen LogP) is 8.33. The molecule has 0 saturated heterocycles. The van der Waals surface area contributed by atoms with E-state index in [-0.39, 0.29) is 5.41 Å². The summed E-state index contributed by atoms with van der Waals surface area (Å²) in [5.41, 5.74) is 10.0. The van der Waals surface area contributed by atoms with Crippen LogP contribution < -0.4 is 0 Å². The number of aryl methyl sites for hydroxylation is 6. The quantitative estimate of drug-likeness (QED) is 0.237. The van der Waals surface area contributed by atoms with Gasteiger partial charge in [-0.05, 0) is 110 Å². The topological polar surface area (TPSA) is 60.7 Å². The Bertz CT molecular complexity index is 1400. The van der Waals surface area contributed by atoms with Crippen molar-refractivity contribution in [3.63, 3.8) is 0 Å². The van der Waals surface area contributed by atoms with E-state index in [1.807, 2.05) is 41.5 Å². The number of rotatable bonds is 5. The van der Waals surface area contributed by atoms with Gasteiger partial charge < -0.3 is 15.3 Å². The zero-order valence-corrected chi connectivity index (χ0v) is 24.1. The number of phenols is 3. The van der Waals surface area contributed by atoms with Crippen LogP contribution in [-0.4, -0.2) is 15.3 Å². The minimum absolute atomic E-state index is 0.254. The fraction of sp³-hybridized carbons (Fsp3) is 0.314. The van der Waals surface area contributed by atoms with Crippen molar-refractivity contribution in [2.45, 2.75) is 73.1 Å². The van der Waals surface area contributed by atoms with Gasteiger partial charge >= 0.3 is 0 Å². The molecule has 4 aromatic rings. The molecule has 0 aliphatic heterocycles. The van der Waals surface area contributed by atoms with Crippen LogP contribution in [0.1, 0.15) is 82.0 Å². The highest BCUT2D eigenvalue weighted by molar-refractivity contribution is 5.58. The molecule has 4 rings (SSSR count). The van der Waals surface area contributed by atoms with Crippen LogP contribution >= 0.6 is 0 Å². The zero-order chi connectivity index (χ0) is 28.2. The maximum atomic E-state index is 10.5. The summed E-state index contributed by atoms with van der Waals surface area (Å²) in [6.07, 6.45) is 0. The minimum Gasteiger partial charge on any atom is -0.507 e. The monoisotopic (exact) mass is 508 g/mol. The third-order valence-electron chi connectivity index (χ3n) is 8.53. The van der Waals surface area contributed by atoms with E-state index in [0.717, 1.165) is 55.6 Å². The largest absolute Gasteiger partial charge is 0.507 e. The molecule has 0 saturated carbocycles. The lowest BCUT2D eigenvalue weighted by Gasteiger charge is -2.34. The van der Waals surface area contributed by atoms with E-state index >= 15 is 0 Å². The highest BCUT2D eigenvalue weighted by Gasteiger charge is 2.34. The summed E-state index contributed by atoms with van der Waals surface area (Å²) in [6.45, 7) is 18.3. The van der Waals surface area contributed by atoms with E-state index in [1.165, 1.54) is 5.56 Å². The van der Waals surface area contributed by atoms with Crippen LogP contribution in [0.4, 0.5) is 0 Å². The van der Waals surface area contributed by atoms with Crippen molar-refractivity contribution in [2.75, 3.05) is 0 Å². The van der Waals surface area contributed by atoms with Gasteiger partial charge in [-0.1, -0.05) is 74.5 Å². The number of benzene rings is 4. The number of hydrogen-bond donors (Lipinski definition) is 3. The maximum Gasteiger partial charge on any atom is 0.121 e. The zero-order valence-electron chi connectivity index (χ0n) is 24.1. The maximum absolute atomic E-state index is 10.5. The van der Waals surface area contributed by atoms with Crippen molar-refractivity contribution in [1.29, 1.82) is 0 Å². The van der Waals surface area contributed by atoms with Crippen molar-refractivity contribution in [3.8, 4) is 17.2 Å². The molecule has 3 N–H and O–H groups in total. The summed E-state index contributed by atoms with van der Waals surface area (Å²) in [5.74, 6) is 1.01. The van der Waals surface area contributed by atoms with Gasteiger partial charge in [0.15, 0.2) is 0 Å². The summed E-state index contributed by atoms with van der Waals surface area (Å²) < 4.78 is 0. The highest BCUT2D eigenvalue weighted by Crippen LogP contribution is 2.44. The SMILES string of the molecule is Cc1cc(C(C)(C)c2ccc(C(C)(c3cc(C)c(O)c(C)c3)c3cc(C)c(O)c(C)c3)cc2)cc(C)c1O. The van der Waals surface area contributed by atoms with Gasteiger partial charge in [0.2, 0.25) is 0 Å². The van der Waals surface area contributed by atoms with Crippen LogP contribution in [0, 0.1) is 41.5 Å². The Morgan fingerprint density at radius 2 is 0.658 bits per heavy atom. The average Bonchev–Trinajstić information content (AvgIpc) is 2.87. The Kier molecular flexibility index (Phi) is 6.86. The van der Waals surface area contributed by atoms with Crippen LogP contribution in [0.3, 0.4) is 0 Å². The summed E-state index contributed by atoms with van der Waals surface area (Å²) >= 11 is 0. The minimum atomic E-state index is -0.513. The second kappa shape index (κ2) is 9.54. The number of phenolic OH excluding ortho intramolecular Hbond substituents is 3. The third kappa shape index (κ3) is 4.45. The average molecular weight is 509 g/mol. The van der Waals surface area contributed by atoms with Crippen LogP contribution in [-0.2, 0) is 10.8 Å². The first-order chi connectivity index (χ1) is 17.7. The van der Waals surface area contributed by atoms with E-state index in [2.05, 4.69) is 81.4 Å². The lowest BCUT2D eigenvalue weighted by atomic mass is 9.69. The molecule has 0 bridgehead atoms. The molecule has 0 heterocycles. The molecule has 198 valence electrons. The second-order valence-corrected chi connectivity index (χ2v) is 11.7. The Hall–Kier alpha value is -3.72. The molecule has 0 aromatic heterocycles. The van der Waals surface area contributed by atoms with Gasteiger partial charge in [-0.15, -0.1) is 0 Å². The van der Waals surface area contributed by atoms with Crippen LogP contribution in [0.15, 0.2) is 60.7 Å². The van der Waals surface area contributed by atoms with Gasteiger partial charge in [-0.2, -0.15) is 0 Å². The van der Waals surface area contributed by atoms with Crippen LogP contribution in [0.5, 0.6) is 17.2 Å². The van der Waals surface area contributed by atoms with Gasteiger partial charge in [0.1, 0.15) is 17.2 Å². The first kappa shape index (κ1) is 27.3. The Morgan fingerprint density at radius 1 is 0.395 bits per heavy atom. The first-order valence-corrected chi connectivity index (χ1v) is 13.2. The molecule has 0 amide bonds. The standard InChI is InChI=1S/C35H40O3/c1-20-14-28(15-21(2)31(20)36)34(7,8)26-10-12-27(13-11-26)35(9,29-16-22(3)32(37)23(4)17-29)30-18-24(5)33(38)25(6)19-30/h10-19,36-38H,1-9H3. The molecular weight excluding hydrogens is 468 g/mol. The van der Waals surface area contributed by atoms with Crippen molar-refractivity contribution < 1.29 is 15.3 Å². The molecule has 0 unspecified atom stereocenters.